The second-order valence-electron chi connectivity index (χ2n) is 4.05. The van der Waals surface area contributed by atoms with Crippen LogP contribution in [-0.2, 0) is 0 Å². The summed E-state index contributed by atoms with van der Waals surface area (Å²) in [5.74, 6) is 0. The summed E-state index contributed by atoms with van der Waals surface area (Å²) in [6.07, 6.45) is 4.44. The molecule has 0 unspecified atom stereocenters. The molecule has 0 amide bonds. The Morgan fingerprint density at radius 3 is 2.93 bits per heavy atom. The Morgan fingerprint density at radius 1 is 1.43 bits per heavy atom. The fourth-order valence-electron chi connectivity index (χ4n) is 2.11. The Balaban J connectivity index is 2.13. The van der Waals surface area contributed by atoms with Crippen molar-refractivity contribution in [1.29, 1.82) is 0 Å². The van der Waals surface area contributed by atoms with Gasteiger partial charge in [-0.3, -0.25) is 0 Å². The molecule has 1 nitrogen and oxygen atoms in total. The van der Waals surface area contributed by atoms with Crippen LogP contribution in [0.3, 0.4) is 0 Å². The summed E-state index contributed by atoms with van der Waals surface area (Å²) in [5.41, 5.74) is 2.75. The SMILES string of the molecule is C=C[C@@H]1CC[C@H](c2cccc(C)c2)N1. The van der Waals surface area contributed by atoms with Crippen LogP contribution in [0.1, 0.15) is 30.0 Å². The molecule has 74 valence electrons. The second-order valence-corrected chi connectivity index (χ2v) is 4.05. The molecule has 1 saturated heterocycles. The van der Waals surface area contributed by atoms with Crippen molar-refractivity contribution in [2.24, 2.45) is 0 Å². The van der Waals surface area contributed by atoms with Crippen molar-refractivity contribution >= 4 is 0 Å². The third-order valence-corrected chi connectivity index (χ3v) is 2.91. The van der Waals surface area contributed by atoms with Gasteiger partial charge in [0.15, 0.2) is 0 Å². The molecule has 2 rings (SSSR count). The van der Waals surface area contributed by atoms with Crippen LogP contribution in [0.25, 0.3) is 0 Å². The van der Waals surface area contributed by atoms with Crippen LogP contribution in [-0.4, -0.2) is 6.04 Å². The molecule has 1 fully saturated rings. The van der Waals surface area contributed by atoms with Gasteiger partial charge in [0.25, 0.3) is 0 Å². The highest BCUT2D eigenvalue weighted by Gasteiger charge is 2.22. The fourth-order valence-corrected chi connectivity index (χ4v) is 2.11. The van der Waals surface area contributed by atoms with E-state index in [1.807, 2.05) is 6.08 Å². The molecule has 0 spiro atoms. The van der Waals surface area contributed by atoms with Crippen LogP contribution >= 0.6 is 0 Å². The highest BCUT2D eigenvalue weighted by atomic mass is 15.0. The molecule has 0 saturated carbocycles. The molecule has 0 aliphatic carbocycles. The predicted octanol–water partition coefficient (Wildman–Crippen LogP) is 2.97. The zero-order valence-corrected chi connectivity index (χ0v) is 8.66. The van der Waals surface area contributed by atoms with Gasteiger partial charge in [-0.05, 0) is 25.3 Å². The van der Waals surface area contributed by atoms with Gasteiger partial charge in [-0.25, -0.2) is 0 Å². The minimum absolute atomic E-state index is 0.500. The van der Waals surface area contributed by atoms with Gasteiger partial charge in [0.1, 0.15) is 0 Å². The van der Waals surface area contributed by atoms with Crippen LogP contribution in [0.4, 0.5) is 0 Å². The van der Waals surface area contributed by atoms with Crippen molar-refractivity contribution < 1.29 is 0 Å². The smallest absolute Gasteiger partial charge is 0.0326 e. The molecule has 1 aliphatic rings. The van der Waals surface area contributed by atoms with Crippen LogP contribution in [0, 0.1) is 6.92 Å². The molecule has 1 aromatic rings. The van der Waals surface area contributed by atoms with Crippen molar-refractivity contribution in [2.75, 3.05) is 0 Å². The standard InChI is InChI=1S/C13H17N/c1-3-12-7-8-13(14-12)11-6-4-5-10(2)9-11/h3-6,9,12-14H,1,7-8H2,2H3/t12-,13-/m1/s1. The lowest BCUT2D eigenvalue weighted by atomic mass is 10.0. The zero-order valence-electron chi connectivity index (χ0n) is 8.66. The fraction of sp³-hybridized carbons (Fsp3) is 0.385. The Bertz CT molecular complexity index is 330. The van der Waals surface area contributed by atoms with Crippen molar-refractivity contribution in [3.8, 4) is 0 Å². The molecule has 1 heterocycles. The van der Waals surface area contributed by atoms with E-state index in [1.54, 1.807) is 0 Å². The third kappa shape index (κ3) is 1.88. The maximum atomic E-state index is 3.83. The van der Waals surface area contributed by atoms with Crippen molar-refractivity contribution in [3.63, 3.8) is 0 Å². The first kappa shape index (κ1) is 9.47. The van der Waals surface area contributed by atoms with E-state index in [0.717, 1.165) is 0 Å². The summed E-state index contributed by atoms with van der Waals surface area (Å²) in [5, 5.41) is 3.57. The maximum Gasteiger partial charge on any atom is 0.0326 e. The molecular formula is C13H17N. The van der Waals surface area contributed by atoms with Gasteiger partial charge in [0, 0.05) is 12.1 Å². The Kier molecular flexibility index (Phi) is 2.69. The average Bonchev–Trinajstić information content (AvgIpc) is 2.66. The van der Waals surface area contributed by atoms with Crippen LogP contribution < -0.4 is 5.32 Å². The van der Waals surface area contributed by atoms with Gasteiger partial charge in [0.05, 0.1) is 0 Å². The average molecular weight is 187 g/mol. The molecule has 1 aliphatic heterocycles. The molecule has 0 aromatic heterocycles. The quantitative estimate of drug-likeness (QED) is 0.702. The Hall–Kier alpha value is -1.08. The van der Waals surface area contributed by atoms with Crippen LogP contribution in [0.2, 0.25) is 0 Å². The molecule has 0 bridgehead atoms. The summed E-state index contributed by atoms with van der Waals surface area (Å²) in [4.78, 5) is 0. The molecular weight excluding hydrogens is 170 g/mol. The number of hydrogen-bond acceptors (Lipinski definition) is 1. The number of nitrogens with one attached hydrogen (secondary N) is 1. The Morgan fingerprint density at radius 2 is 2.29 bits per heavy atom. The Labute approximate surface area is 85.8 Å². The largest absolute Gasteiger partial charge is 0.304 e. The van der Waals surface area contributed by atoms with Crippen LogP contribution in [0.15, 0.2) is 36.9 Å². The van der Waals surface area contributed by atoms with E-state index >= 15 is 0 Å². The first-order chi connectivity index (χ1) is 6.79. The molecule has 1 heteroatoms. The molecule has 0 radical (unpaired) electrons. The summed E-state index contributed by atoms with van der Waals surface area (Å²) < 4.78 is 0. The van der Waals surface area contributed by atoms with Gasteiger partial charge >= 0.3 is 0 Å². The molecule has 2 atom stereocenters. The minimum Gasteiger partial charge on any atom is -0.304 e. The highest BCUT2D eigenvalue weighted by molar-refractivity contribution is 5.26. The van der Waals surface area contributed by atoms with Gasteiger partial charge in [-0.2, -0.15) is 0 Å². The summed E-state index contributed by atoms with van der Waals surface area (Å²) >= 11 is 0. The molecule has 1 N–H and O–H groups in total. The van der Waals surface area contributed by atoms with Crippen molar-refractivity contribution in [3.05, 3.63) is 48.0 Å². The van der Waals surface area contributed by atoms with Gasteiger partial charge in [-0.1, -0.05) is 35.9 Å². The number of aryl methyl sites for hydroxylation is 1. The van der Waals surface area contributed by atoms with Gasteiger partial charge in [-0.15, -0.1) is 6.58 Å². The topological polar surface area (TPSA) is 12.0 Å². The highest BCUT2D eigenvalue weighted by Crippen LogP contribution is 2.27. The van der Waals surface area contributed by atoms with E-state index < -0.39 is 0 Å². The number of benzene rings is 1. The molecule has 14 heavy (non-hydrogen) atoms. The summed E-state index contributed by atoms with van der Waals surface area (Å²) in [6, 6.07) is 9.77. The van der Waals surface area contributed by atoms with Crippen molar-refractivity contribution in [2.45, 2.75) is 31.8 Å². The molecule has 1 aromatic carbocycles. The number of hydrogen-bond donors (Lipinski definition) is 1. The van der Waals surface area contributed by atoms with E-state index in [4.69, 9.17) is 0 Å². The zero-order chi connectivity index (χ0) is 9.97. The van der Waals surface area contributed by atoms with E-state index in [-0.39, 0.29) is 0 Å². The summed E-state index contributed by atoms with van der Waals surface area (Å²) in [6.45, 7) is 5.97. The maximum absolute atomic E-state index is 3.83. The van der Waals surface area contributed by atoms with E-state index in [0.29, 0.717) is 12.1 Å². The van der Waals surface area contributed by atoms with E-state index in [2.05, 4.69) is 43.1 Å². The van der Waals surface area contributed by atoms with Crippen molar-refractivity contribution in [1.82, 2.24) is 5.32 Å². The normalized spacial score (nSPS) is 26.4. The second kappa shape index (κ2) is 3.97. The summed E-state index contributed by atoms with van der Waals surface area (Å²) in [7, 11) is 0. The van der Waals surface area contributed by atoms with Crippen LogP contribution in [0.5, 0.6) is 0 Å². The van der Waals surface area contributed by atoms with E-state index in [9.17, 15) is 0 Å². The monoisotopic (exact) mass is 187 g/mol. The first-order valence-electron chi connectivity index (χ1n) is 5.25. The minimum atomic E-state index is 0.500. The lowest BCUT2D eigenvalue weighted by molar-refractivity contribution is 0.613. The predicted molar refractivity (Wildman–Crippen MR) is 60.3 cm³/mol. The first-order valence-corrected chi connectivity index (χ1v) is 5.25. The lowest BCUT2D eigenvalue weighted by Gasteiger charge is -2.12. The van der Waals surface area contributed by atoms with Gasteiger partial charge in [0.2, 0.25) is 0 Å². The lowest BCUT2D eigenvalue weighted by Crippen LogP contribution is -2.21. The van der Waals surface area contributed by atoms with E-state index in [1.165, 1.54) is 24.0 Å². The van der Waals surface area contributed by atoms with Gasteiger partial charge < -0.3 is 5.32 Å². The number of rotatable bonds is 2. The third-order valence-electron chi connectivity index (χ3n) is 2.91.